The fourth-order valence-corrected chi connectivity index (χ4v) is 3.27. The zero-order valence-electron chi connectivity index (χ0n) is 16.9. The number of hydrogen-bond acceptors (Lipinski definition) is 6. The maximum absolute atomic E-state index is 13.1. The number of nitrogens with zero attached hydrogens (tertiary/aromatic N) is 4. The lowest BCUT2D eigenvalue weighted by atomic mass is 9.96. The molecule has 3 aromatic heterocycles. The van der Waals surface area contributed by atoms with Crippen molar-refractivity contribution in [2.45, 2.75) is 46.2 Å². The van der Waals surface area contributed by atoms with Crippen molar-refractivity contribution in [1.29, 1.82) is 0 Å². The van der Waals surface area contributed by atoms with E-state index in [1.165, 1.54) is 10.8 Å². The van der Waals surface area contributed by atoms with Gasteiger partial charge < -0.3 is 16.2 Å². The number of nitrogens with one attached hydrogen (secondary N) is 2. The lowest BCUT2D eigenvalue weighted by Crippen LogP contribution is -2.35. The quantitative estimate of drug-likeness (QED) is 0.480. The van der Waals surface area contributed by atoms with E-state index in [1.807, 2.05) is 20.8 Å². The van der Waals surface area contributed by atoms with Crippen LogP contribution in [0.4, 0.5) is 0 Å². The molecule has 5 N–H and O–H groups in total. The summed E-state index contributed by atoms with van der Waals surface area (Å²) < 4.78 is 2.53. The fourth-order valence-electron chi connectivity index (χ4n) is 3.27. The lowest BCUT2D eigenvalue weighted by molar-refractivity contribution is 0.0942. The molecular weight excluding hydrogens is 390 g/mol. The van der Waals surface area contributed by atoms with Crippen LogP contribution in [-0.4, -0.2) is 47.3 Å². The zero-order valence-corrected chi connectivity index (χ0v) is 16.9. The number of rotatable bonds is 5. The largest absolute Gasteiger partial charge is 0.494 e. The van der Waals surface area contributed by atoms with Crippen molar-refractivity contribution < 1.29 is 14.7 Å². The molecule has 30 heavy (non-hydrogen) atoms. The summed E-state index contributed by atoms with van der Waals surface area (Å²) in [6, 6.07) is 1.56. The number of amides is 2. The van der Waals surface area contributed by atoms with E-state index >= 15 is 0 Å². The molecule has 0 unspecified atom stereocenters. The van der Waals surface area contributed by atoms with Gasteiger partial charge in [-0.15, -0.1) is 0 Å². The van der Waals surface area contributed by atoms with E-state index in [1.54, 1.807) is 6.07 Å². The van der Waals surface area contributed by atoms with Gasteiger partial charge in [0.25, 0.3) is 17.4 Å². The molecule has 0 atom stereocenters. The number of primary amides is 1. The molecule has 2 amide bonds. The minimum absolute atomic E-state index is 0.0142. The van der Waals surface area contributed by atoms with Gasteiger partial charge in [-0.3, -0.25) is 24.0 Å². The SMILES string of the molecule is CC(C)(C)Cn1c(O)c(C(=O)NC2CC2)c(=O)n2nc(-c3cn[nH]c3C(N)=O)cc12. The fraction of sp³-hybridized carbons (Fsp3) is 0.421. The molecule has 1 saturated carbocycles. The minimum Gasteiger partial charge on any atom is -0.494 e. The van der Waals surface area contributed by atoms with Gasteiger partial charge in [0.15, 0.2) is 5.56 Å². The minimum atomic E-state index is -0.749. The van der Waals surface area contributed by atoms with Gasteiger partial charge in [-0.25, -0.2) is 0 Å². The van der Waals surface area contributed by atoms with Gasteiger partial charge in [0, 0.05) is 18.7 Å². The molecule has 0 saturated heterocycles. The molecule has 0 bridgehead atoms. The number of carbonyl (C=O) groups excluding carboxylic acids is 2. The van der Waals surface area contributed by atoms with Crippen LogP contribution in [0.3, 0.4) is 0 Å². The highest BCUT2D eigenvalue weighted by Gasteiger charge is 2.30. The third-order valence-electron chi connectivity index (χ3n) is 4.79. The van der Waals surface area contributed by atoms with Crippen LogP contribution < -0.4 is 16.6 Å². The lowest BCUT2D eigenvalue weighted by Gasteiger charge is -2.23. The van der Waals surface area contributed by atoms with Crippen LogP contribution in [0.15, 0.2) is 17.1 Å². The Morgan fingerprint density at radius 1 is 1.37 bits per heavy atom. The average molecular weight is 413 g/mol. The van der Waals surface area contributed by atoms with Crippen molar-refractivity contribution in [2.24, 2.45) is 11.1 Å². The van der Waals surface area contributed by atoms with E-state index < -0.39 is 23.3 Å². The van der Waals surface area contributed by atoms with E-state index in [0.29, 0.717) is 12.1 Å². The van der Waals surface area contributed by atoms with Crippen LogP contribution in [-0.2, 0) is 6.54 Å². The normalized spacial score (nSPS) is 14.2. The van der Waals surface area contributed by atoms with Crippen molar-refractivity contribution in [3.05, 3.63) is 33.9 Å². The average Bonchev–Trinajstić information content (AvgIpc) is 3.16. The maximum atomic E-state index is 13.1. The number of aromatic nitrogens is 5. The number of aromatic amines is 1. The highest BCUT2D eigenvalue weighted by molar-refractivity contribution is 5.98. The Kier molecular flexibility index (Phi) is 4.40. The van der Waals surface area contributed by atoms with Crippen molar-refractivity contribution in [2.75, 3.05) is 0 Å². The molecule has 11 heteroatoms. The predicted molar refractivity (Wildman–Crippen MR) is 107 cm³/mol. The van der Waals surface area contributed by atoms with Gasteiger partial charge in [0.1, 0.15) is 11.3 Å². The Labute approximate surface area is 170 Å². The maximum Gasteiger partial charge on any atom is 0.291 e. The first-order valence-corrected chi connectivity index (χ1v) is 9.57. The Morgan fingerprint density at radius 2 is 2.07 bits per heavy atom. The van der Waals surface area contributed by atoms with Gasteiger partial charge in [-0.1, -0.05) is 20.8 Å². The van der Waals surface area contributed by atoms with Crippen LogP contribution in [0.2, 0.25) is 0 Å². The monoisotopic (exact) mass is 413 g/mol. The Hall–Kier alpha value is -3.63. The molecule has 1 aliphatic carbocycles. The molecule has 0 aliphatic heterocycles. The smallest absolute Gasteiger partial charge is 0.291 e. The topological polar surface area (TPSA) is 160 Å². The van der Waals surface area contributed by atoms with Gasteiger partial charge in [-0.2, -0.15) is 14.7 Å². The second kappa shape index (κ2) is 6.71. The van der Waals surface area contributed by atoms with Crippen molar-refractivity contribution in [3.8, 4) is 17.1 Å². The van der Waals surface area contributed by atoms with Crippen LogP contribution in [0.5, 0.6) is 5.88 Å². The zero-order chi connectivity index (χ0) is 21.8. The number of hydrogen-bond donors (Lipinski definition) is 4. The van der Waals surface area contributed by atoms with Crippen LogP contribution in [0, 0.1) is 5.41 Å². The van der Waals surface area contributed by atoms with Gasteiger partial charge in [0.05, 0.1) is 17.5 Å². The van der Waals surface area contributed by atoms with Crippen LogP contribution in [0.25, 0.3) is 16.9 Å². The van der Waals surface area contributed by atoms with E-state index in [0.717, 1.165) is 17.4 Å². The molecule has 0 aromatic carbocycles. The number of H-pyrrole nitrogens is 1. The number of aromatic hydroxyl groups is 1. The van der Waals surface area contributed by atoms with E-state index in [2.05, 4.69) is 20.6 Å². The molecule has 3 heterocycles. The molecule has 1 fully saturated rings. The molecular formula is C19H23N7O4. The summed E-state index contributed by atoms with van der Waals surface area (Å²) in [7, 11) is 0. The summed E-state index contributed by atoms with van der Waals surface area (Å²) in [6.07, 6.45) is 3.06. The van der Waals surface area contributed by atoms with E-state index in [4.69, 9.17) is 5.73 Å². The third kappa shape index (κ3) is 3.42. The number of nitrogens with two attached hydrogens (primary N) is 1. The summed E-state index contributed by atoms with van der Waals surface area (Å²) in [5.74, 6) is -1.78. The summed E-state index contributed by atoms with van der Waals surface area (Å²) in [5, 5.41) is 24.2. The van der Waals surface area contributed by atoms with Crippen LogP contribution >= 0.6 is 0 Å². The molecule has 4 rings (SSSR count). The summed E-state index contributed by atoms with van der Waals surface area (Å²) >= 11 is 0. The summed E-state index contributed by atoms with van der Waals surface area (Å²) in [4.78, 5) is 37.4. The molecule has 0 radical (unpaired) electrons. The summed E-state index contributed by atoms with van der Waals surface area (Å²) in [5.41, 5.74) is 4.87. The molecule has 3 aromatic rings. The first kappa shape index (κ1) is 19.7. The summed E-state index contributed by atoms with van der Waals surface area (Å²) in [6.45, 7) is 6.20. The Balaban J connectivity index is 1.96. The van der Waals surface area contributed by atoms with Gasteiger partial charge >= 0.3 is 0 Å². The molecule has 11 nitrogen and oxygen atoms in total. The second-order valence-corrected chi connectivity index (χ2v) is 8.72. The first-order valence-electron chi connectivity index (χ1n) is 9.57. The standard InChI is InChI=1S/C19H23N7O4/c1-19(2,3)8-25-12-6-11(10-7-21-23-14(10)15(20)27)24-26(12)18(30)13(17(25)29)16(28)22-9-4-5-9/h6-7,9,29H,4-5,8H2,1-3H3,(H2,20,27)(H,21,23)(H,22,28). The van der Waals surface area contributed by atoms with Gasteiger partial charge in [-0.05, 0) is 18.3 Å². The van der Waals surface area contributed by atoms with Crippen molar-refractivity contribution in [3.63, 3.8) is 0 Å². The van der Waals surface area contributed by atoms with Crippen molar-refractivity contribution in [1.82, 2.24) is 29.7 Å². The second-order valence-electron chi connectivity index (χ2n) is 8.72. The third-order valence-corrected chi connectivity index (χ3v) is 4.79. The molecule has 0 spiro atoms. The van der Waals surface area contributed by atoms with Crippen LogP contribution in [0.1, 0.15) is 54.5 Å². The molecule has 158 valence electrons. The molecule has 1 aliphatic rings. The number of carbonyl (C=O) groups is 2. The van der Waals surface area contributed by atoms with Crippen molar-refractivity contribution >= 4 is 17.5 Å². The van der Waals surface area contributed by atoms with E-state index in [9.17, 15) is 19.5 Å². The van der Waals surface area contributed by atoms with E-state index in [-0.39, 0.29) is 34.1 Å². The first-order chi connectivity index (χ1) is 14.1. The predicted octanol–water partition coefficient (Wildman–Crippen LogP) is 0.629. The Bertz CT molecular complexity index is 1220. The number of fused-ring (bicyclic) bond motifs is 1. The Morgan fingerprint density at radius 3 is 2.67 bits per heavy atom. The highest BCUT2D eigenvalue weighted by atomic mass is 16.3. The van der Waals surface area contributed by atoms with Gasteiger partial charge in [0.2, 0.25) is 5.88 Å². The highest BCUT2D eigenvalue weighted by Crippen LogP contribution is 2.28.